The van der Waals surface area contributed by atoms with E-state index in [0.717, 1.165) is 11.3 Å². The van der Waals surface area contributed by atoms with E-state index in [1.54, 1.807) is 5.38 Å². The van der Waals surface area contributed by atoms with Crippen LogP contribution in [-0.4, -0.2) is 26.0 Å². The molecule has 20 heavy (non-hydrogen) atoms. The van der Waals surface area contributed by atoms with Gasteiger partial charge < -0.3 is 15.4 Å². The number of nitrogens with one attached hydrogen (secondary N) is 2. The predicted molar refractivity (Wildman–Crippen MR) is 75.3 cm³/mol. The van der Waals surface area contributed by atoms with Crippen LogP contribution in [0.1, 0.15) is 41.8 Å². The SMILES string of the molecule is CC(C)c1ncc(NCc2csc(=O)[nH]2)c(C(=O)O)n1. The monoisotopic (exact) mass is 294 g/mol. The standard InChI is InChI=1S/C12H14N4O3S/c1-6(2)10-14-4-8(9(16-10)11(17)18)13-3-7-5-20-12(19)15-7/h4-6,13H,3H2,1-2H3,(H,15,19)(H,17,18). The second-order valence-corrected chi connectivity index (χ2v) is 5.32. The fraction of sp³-hybridized carbons (Fsp3) is 0.333. The highest BCUT2D eigenvalue weighted by Crippen LogP contribution is 2.17. The predicted octanol–water partition coefficient (Wildman–Crippen LogP) is 1.66. The van der Waals surface area contributed by atoms with E-state index in [1.807, 2.05) is 13.8 Å². The Morgan fingerprint density at radius 1 is 1.55 bits per heavy atom. The molecule has 0 aromatic carbocycles. The highest BCUT2D eigenvalue weighted by Gasteiger charge is 2.15. The van der Waals surface area contributed by atoms with Gasteiger partial charge in [-0.2, -0.15) is 0 Å². The van der Waals surface area contributed by atoms with Crippen molar-refractivity contribution in [1.29, 1.82) is 0 Å². The summed E-state index contributed by atoms with van der Waals surface area (Å²) in [6.45, 7) is 4.09. The molecule has 2 aromatic heterocycles. The molecule has 3 N–H and O–H groups in total. The Morgan fingerprint density at radius 3 is 2.85 bits per heavy atom. The van der Waals surface area contributed by atoms with Crippen molar-refractivity contribution in [3.8, 4) is 0 Å². The fourth-order valence-corrected chi connectivity index (χ4v) is 2.14. The Kier molecular flexibility index (Phi) is 4.14. The van der Waals surface area contributed by atoms with Crippen LogP contribution >= 0.6 is 11.3 Å². The molecule has 0 bridgehead atoms. The number of carboxylic acid groups (broad SMARTS) is 1. The number of aromatic amines is 1. The van der Waals surface area contributed by atoms with E-state index in [9.17, 15) is 14.7 Å². The molecule has 0 saturated heterocycles. The smallest absolute Gasteiger partial charge is 0.356 e. The number of carboxylic acids is 1. The molecular formula is C12H14N4O3S. The average Bonchev–Trinajstić information content (AvgIpc) is 2.81. The van der Waals surface area contributed by atoms with Crippen molar-refractivity contribution in [2.24, 2.45) is 0 Å². The van der Waals surface area contributed by atoms with Crippen LogP contribution in [0, 0.1) is 0 Å². The minimum absolute atomic E-state index is 0.0513. The van der Waals surface area contributed by atoms with Gasteiger partial charge in [-0.1, -0.05) is 25.2 Å². The lowest BCUT2D eigenvalue weighted by atomic mass is 10.2. The van der Waals surface area contributed by atoms with Gasteiger partial charge in [0, 0.05) is 17.0 Å². The van der Waals surface area contributed by atoms with E-state index in [1.165, 1.54) is 6.20 Å². The number of hydrogen-bond acceptors (Lipinski definition) is 6. The van der Waals surface area contributed by atoms with Crippen LogP contribution in [0.3, 0.4) is 0 Å². The summed E-state index contributed by atoms with van der Waals surface area (Å²) in [5.41, 5.74) is 0.944. The third-order valence-corrected chi connectivity index (χ3v) is 3.29. The maximum Gasteiger partial charge on any atom is 0.356 e. The third-order valence-electron chi connectivity index (χ3n) is 2.57. The second kappa shape index (κ2) is 5.83. The van der Waals surface area contributed by atoms with Crippen LogP contribution < -0.4 is 10.2 Å². The summed E-state index contributed by atoms with van der Waals surface area (Å²) in [5, 5.41) is 13.8. The average molecular weight is 294 g/mol. The molecular weight excluding hydrogens is 280 g/mol. The lowest BCUT2D eigenvalue weighted by Gasteiger charge is -2.10. The van der Waals surface area contributed by atoms with Crippen LogP contribution in [-0.2, 0) is 6.54 Å². The summed E-state index contributed by atoms with van der Waals surface area (Å²) in [4.78, 5) is 32.9. The van der Waals surface area contributed by atoms with Crippen molar-refractivity contribution in [2.45, 2.75) is 26.3 Å². The molecule has 0 atom stereocenters. The Balaban J connectivity index is 2.22. The molecule has 2 rings (SSSR count). The maximum absolute atomic E-state index is 11.2. The zero-order chi connectivity index (χ0) is 14.7. The quantitative estimate of drug-likeness (QED) is 0.774. The first-order chi connectivity index (χ1) is 9.47. The van der Waals surface area contributed by atoms with Gasteiger partial charge in [0.1, 0.15) is 5.82 Å². The first-order valence-electron chi connectivity index (χ1n) is 5.98. The summed E-state index contributed by atoms with van der Waals surface area (Å²) in [6.07, 6.45) is 1.45. The summed E-state index contributed by atoms with van der Waals surface area (Å²) >= 11 is 1.06. The number of anilines is 1. The first-order valence-corrected chi connectivity index (χ1v) is 6.86. The number of rotatable bonds is 5. The van der Waals surface area contributed by atoms with Gasteiger partial charge in [-0.15, -0.1) is 0 Å². The molecule has 0 aliphatic heterocycles. The van der Waals surface area contributed by atoms with Gasteiger partial charge in [-0.3, -0.25) is 4.79 Å². The molecule has 0 radical (unpaired) electrons. The van der Waals surface area contributed by atoms with Crippen molar-refractivity contribution in [3.63, 3.8) is 0 Å². The van der Waals surface area contributed by atoms with E-state index in [2.05, 4.69) is 20.3 Å². The molecule has 8 heteroatoms. The Labute approximate surface area is 118 Å². The van der Waals surface area contributed by atoms with E-state index in [4.69, 9.17) is 0 Å². The van der Waals surface area contributed by atoms with E-state index < -0.39 is 5.97 Å². The topological polar surface area (TPSA) is 108 Å². The molecule has 0 aliphatic rings. The van der Waals surface area contributed by atoms with Gasteiger partial charge in [0.25, 0.3) is 0 Å². The summed E-state index contributed by atoms with van der Waals surface area (Å²) in [5.74, 6) is -0.581. The first kappa shape index (κ1) is 14.2. The lowest BCUT2D eigenvalue weighted by molar-refractivity contribution is 0.0691. The Bertz CT molecular complexity index is 677. The highest BCUT2D eigenvalue weighted by molar-refractivity contribution is 7.07. The van der Waals surface area contributed by atoms with Crippen LogP contribution in [0.4, 0.5) is 5.69 Å². The summed E-state index contributed by atoms with van der Waals surface area (Å²) in [7, 11) is 0. The van der Waals surface area contributed by atoms with E-state index >= 15 is 0 Å². The van der Waals surface area contributed by atoms with Crippen molar-refractivity contribution < 1.29 is 9.90 Å². The zero-order valence-electron chi connectivity index (χ0n) is 11.0. The molecule has 0 fully saturated rings. The van der Waals surface area contributed by atoms with Crippen LogP contribution in [0.2, 0.25) is 0 Å². The van der Waals surface area contributed by atoms with Crippen LogP contribution in [0.15, 0.2) is 16.4 Å². The number of hydrogen-bond donors (Lipinski definition) is 3. The van der Waals surface area contributed by atoms with Gasteiger partial charge in [0.05, 0.1) is 18.4 Å². The molecule has 2 heterocycles. The zero-order valence-corrected chi connectivity index (χ0v) is 11.8. The Morgan fingerprint density at radius 2 is 2.30 bits per heavy atom. The highest BCUT2D eigenvalue weighted by atomic mass is 32.1. The number of aromatic carboxylic acids is 1. The van der Waals surface area contributed by atoms with Crippen molar-refractivity contribution in [3.05, 3.63) is 38.5 Å². The van der Waals surface area contributed by atoms with E-state index in [0.29, 0.717) is 23.8 Å². The Hall–Kier alpha value is -2.22. The van der Waals surface area contributed by atoms with Gasteiger partial charge >= 0.3 is 10.8 Å². The molecule has 0 unspecified atom stereocenters. The van der Waals surface area contributed by atoms with Gasteiger partial charge in [0.2, 0.25) is 0 Å². The summed E-state index contributed by atoms with van der Waals surface area (Å²) in [6, 6.07) is 0. The van der Waals surface area contributed by atoms with Gasteiger partial charge in [0.15, 0.2) is 5.69 Å². The van der Waals surface area contributed by atoms with E-state index in [-0.39, 0.29) is 16.5 Å². The lowest BCUT2D eigenvalue weighted by Crippen LogP contribution is -2.12. The van der Waals surface area contributed by atoms with Crippen molar-refractivity contribution >= 4 is 23.0 Å². The van der Waals surface area contributed by atoms with Gasteiger partial charge in [-0.25, -0.2) is 14.8 Å². The maximum atomic E-state index is 11.2. The third kappa shape index (κ3) is 3.21. The number of carbonyl (C=O) groups is 1. The minimum atomic E-state index is -1.12. The van der Waals surface area contributed by atoms with Crippen LogP contribution in [0.25, 0.3) is 0 Å². The summed E-state index contributed by atoms with van der Waals surface area (Å²) < 4.78 is 0. The number of nitrogens with zero attached hydrogens (tertiary/aromatic N) is 2. The molecule has 7 nitrogen and oxygen atoms in total. The number of aromatic nitrogens is 3. The van der Waals surface area contributed by atoms with Crippen LogP contribution in [0.5, 0.6) is 0 Å². The number of H-pyrrole nitrogens is 1. The normalized spacial score (nSPS) is 10.8. The molecule has 0 aliphatic carbocycles. The fourth-order valence-electron chi connectivity index (χ4n) is 1.56. The molecule has 0 spiro atoms. The molecule has 0 amide bonds. The van der Waals surface area contributed by atoms with Crippen molar-refractivity contribution in [2.75, 3.05) is 5.32 Å². The minimum Gasteiger partial charge on any atom is -0.476 e. The van der Waals surface area contributed by atoms with Gasteiger partial charge in [-0.05, 0) is 0 Å². The van der Waals surface area contributed by atoms with Crippen molar-refractivity contribution in [1.82, 2.24) is 15.0 Å². The molecule has 2 aromatic rings. The largest absolute Gasteiger partial charge is 0.476 e. The second-order valence-electron chi connectivity index (χ2n) is 4.48. The molecule has 106 valence electrons. The molecule has 0 saturated carbocycles. The number of thiazole rings is 1.